The average Bonchev–Trinajstić information content (AvgIpc) is 2.25. The van der Waals surface area contributed by atoms with E-state index in [1.165, 1.54) is 0 Å². The van der Waals surface area contributed by atoms with Crippen molar-refractivity contribution in [3.63, 3.8) is 0 Å². The Labute approximate surface area is 82.8 Å². The van der Waals surface area contributed by atoms with Gasteiger partial charge < -0.3 is 9.47 Å². The zero-order chi connectivity index (χ0) is 10.4. The highest BCUT2D eigenvalue weighted by Crippen LogP contribution is 2.22. The Hall–Kier alpha value is -1.58. The third-order valence-electron chi connectivity index (χ3n) is 1.90. The molecule has 0 bridgehead atoms. The third kappa shape index (κ3) is 2.73. The van der Waals surface area contributed by atoms with Gasteiger partial charge in [0.15, 0.2) is 0 Å². The van der Waals surface area contributed by atoms with Crippen LogP contribution in [0, 0.1) is 4.91 Å². The number of nitrogens with zero attached hydrogens (tertiary/aromatic N) is 1. The Kier molecular flexibility index (Phi) is 3.91. The fourth-order valence-electron chi connectivity index (χ4n) is 1.19. The molecule has 0 aromatic heterocycles. The molecule has 14 heavy (non-hydrogen) atoms. The Morgan fingerprint density at radius 2 is 1.71 bits per heavy atom. The van der Waals surface area contributed by atoms with Gasteiger partial charge in [0.05, 0.1) is 20.8 Å². The topological polar surface area (TPSA) is 47.9 Å². The Morgan fingerprint density at radius 1 is 1.14 bits per heavy atom. The minimum absolute atomic E-state index is 0.274. The predicted octanol–water partition coefficient (Wildman–Crippen LogP) is 2.01. The maximum absolute atomic E-state index is 9.97. The maximum atomic E-state index is 9.97. The summed E-state index contributed by atoms with van der Waals surface area (Å²) in [5.41, 5.74) is 0.987. The van der Waals surface area contributed by atoms with E-state index in [1.807, 2.05) is 12.1 Å². The van der Waals surface area contributed by atoms with Crippen molar-refractivity contribution in [3.05, 3.63) is 28.7 Å². The van der Waals surface area contributed by atoms with Crippen LogP contribution in [0.3, 0.4) is 0 Å². The molecule has 0 fully saturated rings. The van der Waals surface area contributed by atoms with Crippen LogP contribution in [-0.2, 0) is 6.42 Å². The van der Waals surface area contributed by atoms with E-state index in [0.717, 1.165) is 17.1 Å². The van der Waals surface area contributed by atoms with Gasteiger partial charge in [0.25, 0.3) is 0 Å². The first-order valence-electron chi connectivity index (χ1n) is 4.31. The number of nitroso groups, excluding NO2 is 1. The largest absolute Gasteiger partial charge is 0.497 e. The molecular formula is C10H13NO3. The summed E-state index contributed by atoms with van der Waals surface area (Å²) >= 11 is 0. The molecule has 0 saturated heterocycles. The average molecular weight is 195 g/mol. The van der Waals surface area contributed by atoms with Gasteiger partial charge in [0.1, 0.15) is 11.5 Å². The molecular weight excluding hydrogens is 182 g/mol. The summed E-state index contributed by atoms with van der Waals surface area (Å²) in [5, 5.41) is 2.81. The normalized spacial score (nSPS) is 9.57. The molecule has 0 aliphatic carbocycles. The monoisotopic (exact) mass is 195 g/mol. The number of hydrogen-bond donors (Lipinski definition) is 0. The van der Waals surface area contributed by atoms with Crippen molar-refractivity contribution in [1.29, 1.82) is 0 Å². The molecule has 0 saturated carbocycles. The van der Waals surface area contributed by atoms with Crippen molar-refractivity contribution in [2.24, 2.45) is 5.18 Å². The fourth-order valence-corrected chi connectivity index (χ4v) is 1.19. The Bertz CT molecular complexity index is 290. The van der Waals surface area contributed by atoms with E-state index in [4.69, 9.17) is 9.47 Å². The molecule has 1 rings (SSSR count). The number of hydrogen-bond acceptors (Lipinski definition) is 4. The molecule has 4 heteroatoms. The molecule has 0 aliphatic rings. The van der Waals surface area contributed by atoms with Crippen LogP contribution in [0.2, 0.25) is 0 Å². The van der Waals surface area contributed by atoms with Crippen molar-refractivity contribution in [2.45, 2.75) is 6.42 Å². The summed E-state index contributed by atoms with van der Waals surface area (Å²) in [6.07, 6.45) is 0.608. The third-order valence-corrected chi connectivity index (χ3v) is 1.90. The summed E-state index contributed by atoms with van der Waals surface area (Å²) < 4.78 is 10.2. The first kappa shape index (κ1) is 10.5. The lowest BCUT2D eigenvalue weighted by Gasteiger charge is -2.06. The van der Waals surface area contributed by atoms with Gasteiger partial charge in [-0.1, -0.05) is 5.18 Å². The maximum Gasteiger partial charge on any atom is 0.122 e. The van der Waals surface area contributed by atoms with Crippen LogP contribution in [0.25, 0.3) is 0 Å². The van der Waals surface area contributed by atoms with Gasteiger partial charge >= 0.3 is 0 Å². The second-order valence-electron chi connectivity index (χ2n) is 2.82. The van der Waals surface area contributed by atoms with E-state index in [-0.39, 0.29) is 6.54 Å². The van der Waals surface area contributed by atoms with Crippen LogP contribution < -0.4 is 9.47 Å². The molecule has 0 spiro atoms. The fraction of sp³-hybridized carbons (Fsp3) is 0.400. The zero-order valence-corrected chi connectivity index (χ0v) is 8.32. The summed E-state index contributed by atoms with van der Waals surface area (Å²) in [4.78, 5) is 9.97. The second kappa shape index (κ2) is 5.21. The van der Waals surface area contributed by atoms with Gasteiger partial charge in [-0.3, -0.25) is 0 Å². The van der Waals surface area contributed by atoms with Crippen molar-refractivity contribution in [1.82, 2.24) is 0 Å². The van der Waals surface area contributed by atoms with E-state index >= 15 is 0 Å². The quantitative estimate of drug-likeness (QED) is 0.675. The first-order valence-corrected chi connectivity index (χ1v) is 4.31. The lowest BCUT2D eigenvalue weighted by molar-refractivity contribution is 0.393. The second-order valence-corrected chi connectivity index (χ2v) is 2.82. The molecule has 76 valence electrons. The number of rotatable bonds is 5. The SMILES string of the molecule is COc1cc(CCN=O)cc(OC)c1. The summed E-state index contributed by atoms with van der Waals surface area (Å²) in [5.74, 6) is 1.45. The molecule has 0 unspecified atom stereocenters. The van der Waals surface area contributed by atoms with Gasteiger partial charge in [-0.05, 0) is 24.1 Å². The molecule has 0 amide bonds. The molecule has 4 nitrogen and oxygen atoms in total. The van der Waals surface area contributed by atoms with Crippen LogP contribution >= 0.6 is 0 Å². The van der Waals surface area contributed by atoms with Crippen LogP contribution in [0.15, 0.2) is 23.4 Å². The molecule has 0 radical (unpaired) electrons. The Morgan fingerprint density at radius 3 is 2.14 bits per heavy atom. The highest BCUT2D eigenvalue weighted by atomic mass is 16.5. The molecule has 1 aromatic carbocycles. The highest BCUT2D eigenvalue weighted by Gasteiger charge is 2.01. The van der Waals surface area contributed by atoms with Crippen molar-refractivity contribution >= 4 is 0 Å². The van der Waals surface area contributed by atoms with Crippen molar-refractivity contribution in [3.8, 4) is 11.5 Å². The zero-order valence-electron chi connectivity index (χ0n) is 8.32. The van der Waals surface area contributed by atoms with Crippen LogP contribution in [0.1, 0.15) is 5.56 Å². The smallest absolute Gasteiger partial charge is 0.122 e. The number of ether oxygens (including phenoxy) is 2. The Balaban J connectivity index is 2.86. The summed E-state index contributed by atoms with van der Waals surface area (Å²) in [6.45, 7) is 0.274. The van der Waals surface area contributed by atoms with E-state index in [0.29, 0.717) is 6.42 Å². The molecule has 0 N–H and O–H groups in total. The van der Waals surface area contributed by atoms with E-state index in [2.05, 4.69) is 5.18 Å². The van der Waals surface area contributed by atoms with Crippen molar-refractivity contribution < 1.29 is 9.47 Å². The number of benzene rings is 1. The summed E-state index contributed by atoms with van der Waals surface area (Å²) in [7, 11) is 3.19. The van der Waals surface area contributed by atoms with Crippen molar-refractivity contribution in [2.75, 3.05) is 20.8 Å². The van der Waals surface area contributed by atoms with Gasteiger partial charge in [-0.2, -0.15) is 4.91 Å². The minimum Gasteiger partial charge on any atom is -0.497 e. The number of methoxy groups -OCH3 is 2. The highest BCUT2D eigenvalue weighted by molar-refractivity contribution is 5.38. The van der Waals surface area contributed by atoms with E-state index in [1.54, 1.807) is 20.3 Å². The van der Waals surface area contributed by atoms with E-state index < -0.39 is 0 Å². The molecule has 1 aromatic rings. The van der Waals surface area contributed by atoms with E-state index in [9.17, 15) is 4.91 Å². The molecule has 0 atom stereocenters. The van der Waals surface area contributed by atoms with Crippen LogP contribution in [0.5, 0.6) is 11.5 Å². The van der Waals surface area contributed by atoms with Crippen LogP contribution in [-0.4, -0.2) is 20.8 Å². The van der Waals surface area contributed by atoms with Crippen LogP contribution in [0.4, 0.5) is 0 Å². The standard InChI is InChI=1S/C10H13NO3/c1-13-9-5-8(3-4-11-12)6-10(7-9)14-2/h5-7H,3-4H2,1-2H3. The van der Waals surface area contributed by atoms with Gasteiger partial charge in [-0.25, -0.2) is 0 Å². The summed E-state index contributed by atoms with van der Waals surface area (Å²) in [6, 6.07) is 5.53. The lowest BCUT2D eigenvalue weighted by Crippen LogP contribution is -1.93. The molecule has 0 heterocycles. The van der Waals surface area contributed by atoms with Gasteiger partial charge in [0.2, 0.25) is 0 Å². The lowest BCUT2D eigenvalue weighted by atomic mass is 10.1. The van der Waals surface area contributed by atoms with Gasteiger partial charge in [-0.15, -0.1) is 0 Å². The van der Waals surface area contributed by atoms with Gasteiger partial charge in [0, 0.05) is 6.07 Å². The minimum atomic E-state index is 0.274. The first-order chi connectivity index (χ1) is 6.80. The predicted molar refractivity (Wildman–Crippen MR) is 53.9 cm³/mol. The molecule has 0 aliphatic heterocycles.